The molecule has 0 saturated carbocycles. The van der Waals surface area contributed by atoms with Crippen molar-refractivity contribution in [3.05, 3.63) is 0 Å². The Morgan fingerprint density at radius 1 is 1.32 bits per heavy atom. The molecule has 0 aromatic heterocycles. The molecule has 1 saturated heterocycles. The van der Waals surface area contributed by atoms with Crippen LogP contribution in [0.15, 0.2) is 0 Å². The van der Waals surface area contributed by atoms with Crippen LogP contribution in [0.4, 0.5) is 4.79 Å². The van der Waals surface area contributed by atoms with Gasteiger partial charge >= 0.3 is 12.1 Å². The Kier molecular flexibility index (Phi) is 6.62. The fourth-order valence-corrected chi connectivity index (χ4v) is 2.72. The van der Waals surface area contributed by atoms with Crippen molar-refractivity contribution >= 4 is 28.0 Å². The summed E-state index contributed by atoms with van der Waals surface area (Å²) >= 11 is 3.36. The maximum absolute atomic E-state index is 11.8. The molecule has 1 unspecified atom stereocenters. The van der Waals surface area contributed by atoms with Crippen molar-refractivity contribution in [3.63, 3.8) is 0 Å². The van der Waals surface area contributed by atoms with Gasteiger partial charge in [-0.15, -0.1) is 0 Å². The van der Waals surface area contributed by atoms with E-state index in [2.05, 4.69) is 15.9 Å². The van der Waals surface area contributed by atoms with Gasteiger partial charge in [0.15, 0.2) is 0 Å². The van der Waals surface area contributed by atoms with Gasteiger partial charge in [-0.2, -0.15) is 0 Å². The van der Waals surface area contributed by atoms with Gasteiger partial charge < -0.3 is 14.4 Å². The molecule has 0 aromatic carbocycles. The van der Waals surface area contributed by atoms with E-state index in [1.54, 1.807) is 4.90 Å². The number of esters is 1. The van der Waals surface area contributed by atoms with Crippen LogP contribution in [0.5, 0.6) is 0 Å². The van der Waals surface area contributed by atoms with Crippen molar-refractivity contribution in [3.8, 4) is 0 Å². The summed E-state index contributed by atoms with van der Waals surface area (Å²) in [4.78, 5) is 24.6. The average molecular weight is 336 g/mol. The van der Waals surface area contributed by atoms with Crippen molar-refractivity contribution in [1.82, 2.24) is 4.90 Å². The molecule has 1 aliphatic rings. The molecule has 0 radical (unpaired) electrons. The van der Waals surface area contributed by atoms with E-state index in [1.807, 2.05) is 13.8 Å². The highest BCUT2D eigenvalue weighted by molar-refractivity contribution is 9.10. The molecule has 1 atom stereocenters. The van der Waals surface area contributed by atoms with Crippen LogP contribution in [0.1, 0.15) is 26.7 Å². The van der Waals surface area contributed by atoms with E-state index in [-0.39, 0.29) is 22.8 Å². The van der Waals surface area contributed by atoms with Crippen molar-refractivity contribution < 1.29 is 19.1 Å². The number of piperidine rings is 1. The monoisotopic (exact) mass is 335 g/mol. The van der Waals surface area contributed by atoms with Crippen LogP contribution in [0.25, 0.3) is 0 Å². The number of alkyl halides is 1. The Balaban J connectivity index is 2.36. The van der Waals surface area contributed by atoms with Crippen LogP contribution in [0.2, 0.25) is 0 Å². The Morgan fingerprint density at radius 2 is 1.89 bits per heavy atom. The molecule has 110 valence electrons. The molecule has 1 fully saturated rings. The molecule has 0 aromatic rings. The number of halogens is 1. The topological polar surface area (TPSA) is 55.8 Å². The third kappa shape index (κ3) is 5.01. The van der Waals surface area contributed by atoms with E-state index < -0.39 is 0 Å². The molecule has 0 bridgehead atoms. The summed E-state index contributed by atoms with van der Waals surface area (Å²) in [5.74, 6) is 0.301. The zero-order valence-corrected chi connectivity index (χ0v) is 13.3. The first kappa shape index (κ1) is 16.3. The average Bonchev–Trinajstić information content (AvgIpc) is 2.43. The third-order valence-corrected chi connectivity index (χ3v) is 4.30. The second kappa shape index (κ2) is 7.72. The van der Waals surface area contributed by atoms with E-state index in [0.29, 0.717) is 25.6 Å². The first-order valence-corrected chi connectivity index (χ1v) is 7.50. The van der Waals surface area contributed by atoms with Crippen molar-refractivity contribution in [2.24, 2.45) is 11.8 Å². The first-order valence-electron chi connectivity index (χ1n) is 6.59. The molecule has 1 heterocycles. The highest BCUT2D eigenvalue weighted by Gasteiger charge is 2.31. The lowest BCUT2D eigenvalue weighted by Gasteiger charge is -2.32. The number of carbonyl (C=O) groups excluding carboxylic acids is 2. The van der Waals surface area contributed by atoms with Crippen LogP contribution in [0.3, 0.4) is 0 Å². The van der Waals surface area contributed by atoms with Gasteiger partial charge in [-0.1, -0.05) is 29.8 Å². The van der Waals surface area contributed by atoms with Crippen LogP contribution in [-0.2, 0) is 14.3 Å². The zero-order valence-electron chi connectivity index (χ0n) is 11.7. The highest BCUT2D eigenvalue weighted by Crippen LogP contribution is 2.26. The summed E-state index contributed by atoms with van der Waals surface area (Å²) < 4.78 is 9.90. The quantitative estimate of drug-likeness (QED) is 0.584. The molecule has 6 heteroatoms. The number of rotatable bonds is 4. The smallest absolute Gasteiger partial charge is 0.409 e. The minimum Gasteiger partial charge on any atom is -0.468 e. The second-order valence-corrected chi connectivity index (χ2v) is 6.21. The van der Waals surface area contributed by atoms with Gasteiger partial charge in [0.05, 0.1) is 13.7 Å². The Hall–Kier alpha value is -0.780. The maximum Gasteiger partial charge on any atom is 0.409 e. The third-order valence-electron chi connectivity index (χ3n) is 3.18. The summed E-state index contributed by atoms with van der Waals surface area (Å²) in [6, 6.07) is 0. The Bertz CT molecular complexity index is 314. The lowest BCUT2D eigenvalue weighted by atomic mass is 9.94. The number of likely N-dealkylation sites (tertiary alicyclic amines) is 1. The lowest BCUT2D eigenvalue weighted by Crippen LogP contribution is -2.42. The molecule has 0 aliphatic carbocycles. The molecule has 1 rings (SSSR count). The van der Waals surface area contributed by atoms with E-state index >= 15 is 0 Å². The van der Waals surface area contributed by atoms with Crippen LogP contribution in [-0.4, -0.2) is 48.6 Å². The Morgan fingerprint density at radius 3 is 2.37 bits per heavy atom. The number of hydrogen-bond donors (Lipinski definition) is 0. The van der Waals surface area contributed by atoms with Gasteiger partial charge in [-0.3, -0.25) is 4.79 Å². The Labute approximate surface area is 122 Å². The number of ether oxygens (including phenoxy) is 2. The SMILES string of the molecule is COC(=O)C(Br)C1CCN(C(=O)OCC(C)C)CC1. The summed E-state index contributed by atoms with van der Waals surface area (Å²) in [7, 11) is 1.38. The van der Waals surface area contributed by atoms with Gasteiger partial charge in [0.25, 0.3) is 0 Å². The molecule has 19 heavy (non-hydrogen) atoms. The van der Waals surface area contributed by atoms with Crippen LogP contribution >= 0.6 is 15.9 Å². The minimum absolute atomic E-state index is 0.210. The molecule has 5 nitrogen and oxygen atoms in total. The molecule has 1 aliphatic heterocycles. The van der Waals surface area contributed by atoms with E-state index in [9.17, 15) is 9.59 Å². The van der Waals surface area contributed by atoms with Crippen molar-refractivity contribution in [2.75, 3.05) is 26.8 Å². The standard InChI is InChI=1S/C13H22BrNO4/c1-9(2)8-19-13(17)15-6-4-10(5-7-15)11(14)12(16)18-3/h9-11H,4-8H2,1-3H3. The van der Waals surface area contributed by atoms with Crippen molar-refractivity contribution in [1.29, 1.82) is 0 Å². The number of nitrogens with zero attached hydrogens (tertiary/aromatic N) is 1. The van der Waals surface area contributed by atoms with E-state index in [4.69, 9.17) is 9.47 Å². The minimum atomic E-state index is -0.286. The first-order chi connectivity index (χ1) is 8.95. The summed E-state index contributed by atoms with van der Waals surface area (Å²) in [6.07, 6.45) is 1.31. The second-order valence-electron chi connectivity index (χ2n) is 5.22. The lowest BCUT2D eigenvalue weighted by molar-refractivity contribution is -0.141. The zero-order chi connectivity index (χ0) is 14.4. The van der Waals surface area contributed by atoms with E-state index in [0.717, 1.165) is 12.8 Å². The normalized spacial score (nSPS) is 18.3. The number of amides is 1. The van der Waals surface area contributed by atoms with Crippen LogP contribution < -0.4 is 0 Å². The van der Waals surface area contributed by atoms with Crippen LogP contribution in [0, 0.1) is 11.8 Å². The molecular weight excluding hydrogens is 314 g/mol. The predicted molar refractivity (Wildman–Crippen MR) is 75.2 cm³/mol. The van der Waals surface area contributed by atoms with Gasteiger partial charge in [0, 0.05) is 13.1 Å². The summed E-state index contributed by atoms with van der Waals surface area (Å²) in [5.41, 5.74) is 0. The van der Waals surface area contributed by atoms with Gasteiger partial charge in [0.2, 0.25) is 0 Å². The summed E-state index contributed by atoms with van der Waals surface area (Å²) in [6.45, 7) is 5.71. The fourth-order valence-electron chi connectivity index (χ4n) is 2.01. The molecular formula is C13H22BrNO4. The predicted octanol–water partition coefficient (Wildman–Crippen LogP) is 2.43. The maximum atomic E-state index is 11.8. The van der Waals surface area contributed by atoms with Gasteiger partial charge in [-0.25, -0.2) is 4.79 Å². The van der Waals surface area contributed by atoms with Gasteiger partial charge in [0.1, 0.15) is 4.83 Å². The largest absolute Gasteiger partial charge is 0.468 e. The number of methoxy groups -OCH3 is 1. The fraction of sp³-hybridized carbons (Fsp3) is 0.846. The summed E-state index contributed by atoms with van der Waals surface area (Å²) in [5, 5.41) is 0. The molecule has 1 amide bonds. The van der Waals surface area contributed by atoms with Gasteiger partial charge in [-0.05, 0) is 24.7 Å². The molecule has 0 spiro atoms. The number of carbonyl (C=O) groups is 2. The highest BCUT2D eigenvalue weighted by atomic mass is 79.9. The number of hydrogen-bond acceptors (Lipinski definition) is 4. The van der Waals surface area contributed by atoms with Crippen molar-refractivity contribution in [2.45, 2.75) is 31.5 Å². The molecule has 0 N–H and O–H groups in total. The van der Waals surface area contributed by atoms with E-state index in [1.165, 1.54) is 7.11 Å².